The summed E-state index contributed by atoms with van der Waals surface area (Å²) in [4.78, 5) is 16.0. The minimum absolute atomic E-state index is 0.0469. The molecule has 0 saturated carbocycles. The molecule has 202 valence electrons. The number of carbonyl (C=O) groups excluding carboxylic acids is 1. The maximum absolute atomic E-state index is 14.2. The van der Waals surface area contributed by atoms with E-state index in [0.717, 1.165) is 6.07 Å². The molecular formula is C21H12Br2ClF9N2O2. The molecule has 0 fully saturated rings. The van der Waals surface area contributed by atoms with E-state index in [2.05, 4.69) is 47.2 Å². The molecule has 2 aromatic rings. The first kappa shape index (κ1) is 29.6. The zero-order valence-electron chi connectivity index (χ0n) is 18.0. The van der Waals surface area contributed by atoms with E-state index in [1.54, 1.807) is 0 Å². The van der Waals surface area contributed by atoms with Crippen LogP contribution in [-0.2, 0) is 30.9 Å². The van der Waals surface area contributed by atoms with Crippen LogP contribution in [-0.4, -0.2) is 17.8 Å². The van der Waals surface area contributed by atoms with Crippen molar-refractivity contribution >= 4 is 55.1 Å². The van der Waals surface area contributed by atoms with E-state index in [4.69, 9.17) is 11.6 Å². The molecule has 1 aliphatic rings. The first-order valence-electron chi connectivity index (χ1n) is 9.76. The van der Waals surface area contributed by atoms with Crippen molar-refractivity contribution in [2.75, 3.05) is 0 Å². The summed E-state index contributed by atoms with van der Waals surface area (Å²) in [6.07, 6.45) is -17.5. The summed E-state index contributed by atoms with van der Waals surface area (Å²) in [5, 5.41) is 5.75. The molecule has 0 radical (unpaired) electrons. The smallest absolute Gasteiger partial charge is 0.374 e. The van der Waals surface area contributed by atoms with Gasteiger partial charge in [-0.1, -0.05) is 28.9 Å². The van der Waals surface area contributed by atoms with Crippen LogP contribution < -0.4 is 5.32 Å². The highest BCUT2D eigenvalue weighted by molar-refractivity contribution is 9.24. The van der Waals surface area contributed by atoms with Gasteiger partial charge in [0.1, 0.15) is 0 Å². The lowest BCUT2D eigenvalue weighted by atomic mass is 9.84. The highest BCUT2D eigenvalue weighted by atomic mass is 79.9. The highest BCUT2D eigenvalue weighted by Crippen LogP contribution is 2.51. The summed E-state index contributed by atoms with van der Waals surface area (Å²) in [6.45, 7) is 1.21. The predicted molar refractivity (Wildman–Crippen MR) is 121 cm³/mol. The fourth-order valence-corrected chi connectivity index (χ4v) is 5.28. The quantitative estimate of drug-likeness (QED) is 0.201. The number of rotatable bonds is 4. The number of amides is 1. The Labute approximate surface area is 224 Å². The molecule has 3 rings (SSSR count). The van der Waals surface area contributed by atoms with Gasteiger partial charge in [0.15, 0.2) is 3.36 Å². The molecule has 1 aliphatic heterocycles. The molecule has 0 spiro atoms. The summed E-state index contributed by atoms with van der Waals surface area (Å²) >= 11 is 12.6. The Morgan fingerprint density at radius 3 is 1.95 bits per heavy atom. The largest absolute Gasteiger partial charge is 0.435 e. The number of benzene rings is 2. The number of nitrogens with zero attached hydrogens (tertiary/aromatic N) is 1. The Balaban J connectivity index is 2.09. The molecule has 1 N–H and O–H groups in total. The van der Waals surface area contributed by atoms with Crippen LogP contribution in [0.15, 0.2) is 41.6 Å². The molecule has 2 aromatic carbocycles. The van der Waals surface area contributed by atoms with Gasteiger partial charge in [0, 0.05) is 35.1 Å². The molecule has 4 nitrogen and oxygen atoms in total. The van der Waals surface area contributed by atoms with Crippen LogP contribution in [0.25, 0.3) is 0 Å². The normalized spacial score (nSPS) is 18.9. The first-order chi connectivity index (χ1) is 16.7. The second-order valence-electron chi connectivity index (χ2n) is 7.88. The lowest BCUT2D eigenvalue weighted by molar-refractivity contribution is -0.276. The van der Waals surface area contributed by atoms with Crippen molar-refractivity contribution in [2.24, 2.45) is 5.16 Å². The van der Waals surface area contributed by atoms with Gasteiger partial charge >= 0.3 is 18.5 Å². The van der Waals surface area contributed by atoms with E-state index < -0.39 is 62.2 Å². The summed E-state index contributed by atoms with van der Waals surface area (Å²) in [6, 6.07) is 3.31. The fourth-order valence-electron chi connectivity index (χ4n) is 3.48. The number of oxime groups is 1. The van der Waals surface area contributed by atoms with Gasteiger partial charge < -0.3 is 10.2 Å². The second-order valence-corrected chi connectivity index (χ2v) is 11.7. The minimum Gasteiger partial charge on any atom is -0.374 e. The number of nitrogens with one attached hydrogen (secondary N) is 1. The summed E-state index contributed by atoms with van der Waals surface area (Å²) in [5.74, 6) is -0.475. The molecule has 0 aliphatic carbocycles. The predicted octanol–water partition coefficient (Wildman–Crippen LogP) is 8.00. The van der Waals surface area contributed by atoms with Crippen molar-refractivity contribution in [3.05, 3.63) is 69.2 Å². The summed E-state index contributed by atoms with van der Waals surface area (Å²) in [5.41, 5.74) is -9.20. The number of carbonyl (C=O) groups is 1. The Bertz CT molecular complexity index is 1230. The van der Waals surface area contributed by atoms with Crippen LogP contribution in [0.2, 0.25) is 5.02 Å². The van der Waals surface area contributed by atoms with Crippen molar-refractivity contribution in [3.8, 4) is 0 Å². The van der Waals surface area contributed by atoms with Crippen molar-refractivity contribution < 1.29 is 49.1 Å². The van der Waals surface area contributed by atoms with Crippen molar-refractivity contribution in [3.63, 3.8) is 0 Å². The van der Waals surface area contributed by atoms with E-state index in [1.165, 1.54) is 19.1 Å². The lowest BCUT2D eigenvalue weighted by Gasteiger charge is -2.30. The van der Waals surface area contributed by atoms with Crippen molar-refractivity contribution in [1.29, 1.82) is 0 Å². The number of halogens is 12. The summed E-state index contributed by atoms with van der Waals surface area (Å²) in [7, 11) is 0. The third kappa shape index (κ3) is 6.03. The third-order valence-corrected chi connectivity index (χ3v) is 6.78. The average molecular weight is 691 g/mol. The summed E-state index contributed by atoms with van der Waals surface area (Å²) < 4.78 is 121. The molecule has 37 heavy (non-hydrogen) atoms. The Morgan fingerprint density at radius 2 is 1.51 bits per heavy atom. The number of alkyl halides is 11. The van der Waals surface area contributed by atoms with Crippen molar-refractivity contribution in [2.45, 2.75) is 40.8 Å². The van der Waals surface area contributed by atoms with E-state index in [1.807, 2.05) is 0 Å². The average Bonchev–Trinajstić information content (AvgIpc) is 3.18. The van der Waals surface area contributed by atoms with E-state index in [-0.39, 0.29) is 34.3 Å². The van der Waals surface area contributed by atoms with Gasteiger partial charge in [-0.05, 0) is 56.1 Å². The molecule has 0 bridgehead atoms. The molecule has 1 heterocycles. The van der Waals surface area contributed by atoms with Crippen LogP contribution in [0.1, 0.15) is 41.2 Å². The first-order valence-corrected chi connectivity index (χ1v) is 11.7. The van der Waals surface area contributed by atoms with Crippen LogP contribution in [0, 0.1) is 0 Å². The van der Waals surface area contributed by atoms with Gasteiger partial charge in [0.25, 0.3) is 5.60 Å². The van der Waals surface area contributed by atoms with E-state index in [9.17, 15) is 44.3 Å². The molecule has 0 aromatic heterocycles. The molecule has 16 heteroatoms. The zero-order valence-corrected chi connectivity index (χ0v) is 21.9. The Morgan fingerprint density at radius 1 is 0.973 bits per heavy atom. The van der Waals surface area contributed by atoms with Gasteiger partial charge in [0.2, 0.25) is 5.91 Å². The highest BCUT2D eigenvalue weighted by Gasteiger charge is 2.63. The molecule has 1 atom stereocenters. The second kappa shape index (κ2) is 9.63. The van der Waals surface area contributed by atoms with Crippen LogP contribution in [0.3, 0.4) is 0 Å². The SMILES string of the molecule is CC(=O)NC(Br)(Br)c1ccc(C2=NOC(c3cc(C(F)(F)F)cc(C(F)(F)F)c3)(C(F)(F)F)C2)cc1Cl. The van der Waals surface area contributed by atoms with Crippen molar-refractivity contribution in [1.82, 2.24) is 5.32 Å². The van der Waals surface area contributed by atoms with Crippen LogP contribution >= 0.6 is 43.5 Å². The zero-order chi connectivity index (χ0) is 28.2. The molecule has 1 amide bonds. The van der Waals surface area contributed by atoms with Gasteiger partial charge in [-0.2, -0.15) is 39.5 Å². The maximum atomic E-state index is 14.2. The third-order valence-electron chi connectivity index (χ3n) is 5.21. The van der Waals surface area contributed by atoms with Crippen LogP contribution in [0.4, 0.5) is 39.5 Å². The van der Waals surface area contributed by atoms with Gasteiger partial charge in [-0.25, -0.2) is 0 Å². The standard InChI is InChI=1S/C21H12Br2ClF9N2O2/c1-9(36)34-18(22,23)14-3-2-10(4-15(14)24)16-8-17(37-35-16,21(31,32)33)11-5-12(19(25,26)27)7-13(6-11)20(28,29)30/h2-7H,8H2,1H3,(H,34,36). The minimum atomic E-state index is -5.47. The van der Waals surface area contributed by atoms with E-state index >= 15 is 0 Å². The Hall–Kier alpha value is -2.00. The topological polar surface area (TPSA) is 50.7 Å². The molecule has 1 unspecified atom stereocenters. The molecular weight excluding hydrogens is 678 g/mol. The number of hydrogen-bond donors (Lipinski definition) is 1. The fraction of sp³-hybridized carbons (Fsp3) is 0.333. The maximum Gasteiger partial charge on any atom is 0.435 e. The van der Waals surface area contributed by atoms with Crippen LogP contribution in [0.5, 0.6) is 0 Å². The van der Waals surface area contributed by atoms with E-state index in [0.29, 0.717) is 0 Å². The Kier molecular flexibility index (Phi) is 7.69. The van der Waals surface area contributed by atoms with Gasteiger partial charge in [0.05, 0.1) is 16.8 Å². The van der Waals surface area contributed by atoms with Gasteiger partial charge in [-0.3, -0.25) is 4.79 Å². The van der Waals surface area contributed by atoms with Gasteiger partial charge in [-0.15, -0.1) is 0 Å². The monoisotopic (exact) mass is 688 g/mol. The molecule has 0 saturated heterocycles. The lowest BCUT2D eigenvalue weighted by Crippen LogP contribution is -2.43. The number of hydrogen-bond acceptors (Lipinski definition) is 3.